The molecule has 14 heteroatoms. The molecule has 1 aromatic heterocycles. The Kier molecular flexibility index (Phi) is 8.20. The van der Waals surface area contributed by atoms with Gasteiger partial charge >= 0.3 is 6.18 Å². The lowest BCUT2D eigenvalue weighted by atomic mass is 10.0. The van der Waals surface area contributed by atoms with Crippen molar-refractivity contribution in [3.63, 3.8) is 0 Å². The first-order chi connectivity index (χ1) is 17.5. The van der Waals surface area contributed by atoms with E-state index >= 15 is 0 Å². The number of likely N-dealkylation sites (N-methyl/N-ethyl adjacent to an activating group) is 1. The molecule has 0 atom stereocenters. The summed E-state index contributed by atoms with van der Waals surface area (Å²) in [6, 6.07) is 7.63. The zero-order valence-corrected chi connectivity index (χ0v) is 19.5. The minimum atomic E-state index is -4.95. The maximum Gasteiger partial charge on any atom is 0.433 e. The number of benzene rings is 2. The van der Waals surface area contributed by atoms with E-state index in [1.165, 1.54) is 20.2 Å². The molecule has 0 fully saturated rings. The number of ether oxygens (including phenoxy) is 1. The molecule has 2 aromatic carbocycles. The highest BCUT2D eigenvalue weighted by atomic mass is 19.4. The van der Waals surface area contributed by atoms with Crippen molar-refractivity contribution in [2.24, 2.45) is 5.16 Å². The number of hydrogen-bond acceptors (Lipinski definition) is 7. The third kappa shape index (κ3) is 6.08. The largest absolute Gasteiger partial charge is 0.472 e. The van der Waals surface area contributed by atoms with Crippen LogP contribution in [0.25, 0.3) is 0 Å². The van der Waals surface area contributed by atoms with E-state index in [0.717, 1.165) is 13.0 Å². The van der Waals surface area contributed by atoms with Crippen LogP contribution in [0.15, 0.2) is 41.6 Å². The Balaban J connectivity index is 2.01. The van der Waals surface area contributed by atoms with Crippen LogP contribution in [0.5, 0.6) is 5.88 Å². The van der Waals surface area contributed by atoms with Crippen LogP contribution in [0.4, 0.5) is 38.0 Å². The van der Waals surface area contributed by atoms with E-state index in [1.54, 1.807) is 18.2 Å². The lowest BCUT2D eigenvalue weighted by Gasteiger charge is -2.17. The summed E-state index contributed by atoms with van der Waals surface area (Å²) in [5.74, 6) is -6.89. The number of rotatable bonds is 8. The molecule has 0 saturated carbocycles. The number of alkyl halides is 3. The van der Waals surface area contributed by atoms with Gasteiger partial charge in [0.1, 0.15) is 13.7 Å². The molecule has 196 valence electrons. The second kappa shape index (κ2) is 11.1. The molecule has 0 spiro atoms. The molecule has 0 aliphatic rings. The van der Waals surface area contributed by atoms with Crippen LogP contribution < -0.4 is 15.4 Å². The quantitative estimate of drug-likeness (QED) is 0.192. The first-order valence-corrected chi connectivity index (χ1v) is 10.4. The molecule has 1 amide bonds. The molecule has 0 radical (unpaired) electrons. The minimum absolute atomic E-state index is 0.115. The molecular weight excluding hydrogens is 508 g/mol. The summed E-state index contributed by atoms with van der Waals surface area (Å²) in [4.78, 5) is 24.2. The molecule has 1 heterocycles. The third-order valence-corrected chi connectivity index (χ3v) is 4.91. The topological polar surface area (TPSA) is 97.7 Å². The number of nitrogens with zero attached hydrogens (tertiary/aromatic N) is 3. The van der Waals surface area contributed by atoms with Crippen molar-refractivity contribution in [1.29, 1.82) is 0 Å². The Morgan fingerprint density at radius 1 is 1.05 bits per heavy atom. The fourth-order valence-electron chi connectivity index (χ4n) is 3.16. The number of hydrogen-bond donors (Lipinski definition) is 2. The van der Waals surface area contributed by atoms with Crippen LogP contribution in [0.1, 0.15) is 22.4 Å². The van der Waals surface area contributed by atoms with Crippen LogP contribution in [0.2, 0.25) is 0 Å². The Labute approximate surface area is 206 Å². The number of oxime groups is 1. The summed E-state index contributed by atoms with van der Waals surface area (Å²) >= 11 is 0. The van der Waals surface area contributed by atoms with E-state index in [1.807, 2.05) is 0 Å². The van der Waals surface area contributed by atoms with Gasteiger partial charge in [-0.25, -0.2) is 18.2 Å². The highest BCUT2D eigenvalue weighted by Gasteiger charge is 2.37. The molecule has 0 saturated heterocycles. The molecule has 0 bridgehead atoms. The zero-order valence-electron chi connectivity index (χ0n) is 19.5. The fraction of sp³-hybridized carbons (Fsp3) is 0.217. The molecule has 2 N–H and O–H groups in total. The van der Waals surface area contributed by atoms with E-state index in [2.05, 4.69) is 25.8 Å². The Morgan fingerprint density at radius 2 is 1.76 bits per heavy atom. The van der Waals surface area contributed by atoms with Crippen LogP contribution >= 0.6 is 0 Å². The van der Waals surface area contributed by atoms with Crippen LogP contribution in [-0.2, 0) is 22.4 Å². The predicted molar refractivity (Wildman–Crippen MR) is 120 cm³/mol. The van der Waals surface area contributed by atoms with Gasteiger partial charge in [-0.1, -0.05) is 29.4 Å². The van der Waals surface area contributed by atoms with Crippen molar-refractivity contribution in [2.45, 2.75) is 19.7 Å². The van der Waals surface area contributed by atoms with Gasteiger partial charge in [0.2, 0.25) is 11.8 Å². The molecule has 37 heavy (non-hydrogen) atoms. The van der Waals surface area contributed by atoms with E-state index in [0.29, 0.717) is 11.6 Å². The predicted octanol–water partition coefficient (Wildman–Crippen LogP) is 4.64. The normalized spacial score (nSPS) is 11.8. The summed E-state index contributed by atoms with van der Waals surface area (Å²) in [6.45, 7) is 0.693. The Bertz CT molecular complexity index is 1350. The fourth-order valence-corrected chi connectivity index (χ4v) is 3.16. The average molecular weight is 527 g/mol. The monoisotopic (exact) mass is 527 g/mol. The first-order valence-electron chi connectivity index (χ1n) is 10.4. The Morgan fingerprint density at radius 3 is 2.41 bits per heavy atom. The van der Waals surface area contributed by atoms with Gasteiger partial charge in [0.05, 0.1) is 5.69 Å². The summed E-state index contributed by atoms with van der Waals surface area (Å²) in [5.41, 5.74) is -2.08. The van der Waals surface area contributed by atoms with Gasteiger partial charge in [-0.3, -0.25) is 4.79 Å². The highest BCUT2D eigenvalue weighted by molar-refractivity contribution is 6.45. The maximum atomic E-state index is 14.1. The SMILES string of the molecule is CNC(=O)/C(=N/OC)c1ccccc1COc1nc(Nc2ccc(F)c(F)c2F)nc(C(F)(F)F)c1C. The summed E-state index contributed by atoms with van der Waals surface area (Å²) in [6.07, 6.45) is -4.95. The van der Waals surface area contributed by atoms with E-state index in [4.69, 9.17) is 9.57 Å². The molecule has 0 unspecified atom stereocenters. The van der Waals surface area contributed by atoms with Crippen LogP contribution in [0, 0.1) is 24.4 Å². The molecule has 3 rings (SSSR count). The average Bonchev–Trinajstić information content (AvgIpc) is 2.86. The van der Waals surface area contributed by atoms with Crippen molar-refractivity contribution in [2.75, 3.05) is 19.5 Å². The molecular formula is C23H19F6N5O3. The van der Waals surface area contributed by atoms with Crippen LogP contribution in [0.3, 0.4) is 0 Å². The first kappa shape index (κ1) is 27.2. The number of carbonyl (C=O) groups excluding carboxylic acids is 1. The van der Waals surface area contributed by atoms with Gasteiger partial charge in [0, 0.05) is 18.2 Å². The van der Waals surface area contributed by atoms with Crippen LogP contribution in [-0.4, -0.2) is 35.7 Å². The second-order valence-electron chi connectivity index (χ2n) is 7.32. The minimum Gasteiger partial charge on any atom is -0.472 e. The maximum absolute atomic E-state index is 14.1. The summed E-state index contributed by atoms with van der Waals surface area (Å²) in [7, 11) is 2.61. The zero-order chi connectivity index (χ0) is 27.3. The lowest BCUT2D eigenvalue weighted by molar-refractivity contribution is -0.141. The molecule has 8 nitrogen and oxygen atoms in total. The lowest BCUT2D eigenvalue weighted by Crippen LogP contribution is -2.29. The third-order valence-electron chi connectivity index (χ3n) is 4.91. The molecule has 0 aliphatic heterocycles. The number of carbonyl (C=O) groups is 1. The van der Waals surface area contributed by atoms with E-state index < -0.39 is 58.3 Å². The van der Waals surface area contributed by atoms with Gasteiger partial charge in [-0.15, -0.1) is 0 Å². The van der Waals surface area contributed by atoms with Crippen molar-refractivity contribution in [3.8, 4) is 5.88 Å². The Hall–Kier alpha value is -4.36. The van der Waals surface area contributed by atoms with E-state index in [9.17, 15) is 31.1 Å². The smallest absolute Gasteiger partial charge is 0.433 e. The highest BCUT2D eigenvalue weighted by Crippen LogP contribution is 2.35. The number of anilines is 2. The van der Waals surface area contributed by atoms with Crippen molar-refractivity contribution in [1.82, 2.24) is 15.3 Å². The van der Waals surface area contributed by atoms with Gasteiger partial charge in [-0.2, -0.15) is 18.2 Å². The van der Waals surface area contributed by atoms with Gasteiger partial charge < -0.3 is 20.2 Å². The molecule has 0 aliphatic carbocycles. The number of halogens is 6. The van der Waals surface area contributed by atoms with Crippen molar-refractivity contribution < 1.29 is 40.7 Å². The number of aromatic nitrogens is 2. The summed E-state index contributed by atoms with van der Waals surface area (Å²) < 4.78 is 87.4. The number of amides is 1. The number of nitrogens with one attached hydrogen (secondary N) is 2. The van der Waals surface area contributed by atoms with Crippen molar-refractivity contribution >= 4 is 23.3 Å². The van der Waals surface area contributed by atoms with Gasteiger partial charge in [0.25, 0.3) is 5.91 Å². The standard InChI is InChI=1S/C23H19F6N5O3/c1-11-19(23(27,28)29)32-22(31-15-9-8-14(24)16(25)17(15)26)33-21(11)37-10-12-6-4-5-7-13(12)18(34-36-3)20(35)30-2/h4-9H,10H2,1-3H3,(H,30,35)(H,31,32,33)/b34-18+. The van der Waals surface area contributed by atoms with Crippen molar-refractivity contribution in [3.05, 3.63) is 76.2 Å². The summed E-state index contributed by atoms with van der Waals surface area (Å²) in [5, 5.41) is 8.21. The van der Waals surface area contributed by atoms with Gasteiger partial charge in [0.15, 0.2) is 28.9 Å². The molecule has 3 aromatic rings. The van der Waals surface area contributed by atoms with Gasteiger partial charge in [-0.05, 0) is 24.6 Å². The van der Waals surface area contributed by atoms with E-state index in [-0.39, 0.29) is 17.9 Å². The second-order valence-corrected chi connectivity index (χ2v) is 7.32.